The van der Waals surface area contributed by atoms with Crippen LogP contribution in [0.2, 0.25) is 0 Å². The highest BCUT2D eigenvalue weighted by Gasteiger charge is 2.36. The molecule has 5 nitrogen and oxygen atoms in total. The molecule has 0 bridgehead atoms. The van der Waals surface area contributed by atoms with Gasteiger partial charge in [0.1, 0.15) is 0 Å². The lowest BCUT2D eigenvalue weighted by Gasteiger charge is -2.30. The quantitative estimate of drug-likeness (QED) is 0.427. The second kappa shape index (κ2) is 8.94. The van der Waals surface area contributed by atoms with Gasteiger partial charge in [0.2, 0.25) is 0 Å². The number of halogens is 1. The van der Waals surface area contributed by atoms with Gasteiger partial charge < -0.3 is 20.1 Å². The van der Waals surface area contributed by atoms with Crippen molar-refractivity contribution in [2.75, 3.05) is 24.9 Å². The number of carbonyl (C=O) groups excluding carboxylic acids is 1. The van der Waals surface area contributed by atoms with E-state index < -0.39 is 0 Å². The number of Topliss-reactive ketones (excluding diaryl/α,β-unsaturated/α-hetero) is 1. The summed E-state index contributed by atoms with van der Waals surface area (Å²) in [7, 11) is 3.23. The highest BCUT2D eigenvalue weighted by molar-refractivity contribution is 9.10. The first-order chi connectivity index (χ1) is 16.1. The molecule has 33 heavy (non-hydrogen) atoms. The van der Waals surface area contributed by atoms with Gasteiger partial charge >= 0.3 is 0 Å². The maximum Gasteiger partial charge on any atom is 0.174 e. The number of fused-ring (bicyclic) bond motifs is 1. The minimum atomic E-state index is -0.323. The molecule has 0 saturated heterocycles. The smallest absolute Gasteiger partial charge is 0.174 e. The largest absolute Gasteiger partial charge is 0.493 e. The van der Waals surface area contributed by atoms with Crippen LogP contribution < -0.4 is 20.1 Å². The van der Waals surface area contributed by atoms with Gasteiger partial charge in [0.15, 0.2) is 17.3 Å². The molecule has 0 radical (unpaired) electrons. The summed E-state index contributed by atoms with van der Waals surface area (Å²) in [5.41, 5.74) is 5.78. The lowest BCUT2D eigenvalue weighted by atomic mass is 9.78. The predicted octanol–water partition coefficient (Wildman–Crippen LogP) is 6.45. The van der Waals surface area contributed by atoms with Crippen LogP contribution in [0.25, 0.3) is 0 Å². The molecule has 0 spiro atoms. The van der Waals surface area contributed by atoms with Gasteiger partial charge in [-0.2, -0.15) is 0 Å². The lowest BCUT2D eigenvalue weighted by molar-refractivity contribution is -0.116. The molecule has 6 heteroatoms. The maximum absolute atomic E-state index is 13.7. The SMILES string of the molecule is COc1cc([C@H]2Nc3ccccc3NC3=C2C(=O)C[C@@H](c2ccccc2)C3)cc(Br)c1OC. The number of hydrogen-bond acceptors (Lipinski definition) is 5. The standard InChI is InChI=1S/C27H25BrN2O3/c1-32-24-15-18(12-19(28)27(24)33-2)26-25-22(29-20-10-6-7-11-21(20)30-26)13-17(14-23(25)31)16-8-4-3-5-9-16/h3-12,15,17,26,29-30H,13-14H2,1-2H3/t17-,26+/m0/s1. The van der Waals surface area contributed by atoms with E-state index in [1.54, 1.807) is 14.2 Å². The average Bonchev–Trinajstić information content (AvgIpc) is 3.01. The first-order valence-electron chi connectivity index (χ1n) is 10.9. The van der Waals surface area contributed by atoms with Crippen LogP contribution in [0.1, 0.15) is 35.9 Å². The van der Waals surface area contributed by atoms with Gasteiger partial charge in [-0.05, 0) is 63.7 Å². The molecule has 1 aliphatic carbocycles. The van der Waals surface area contributed by atoms with Gasteiger partial charge in [0, 0.05) is 17.7 Å². The van der Waals surface area contributed by atoms with Crippen molar-refractivity contribution in [2.24, 2.45) is 0 Å². The molecule has 2 aliphatic rings. The van der Waals surface area contributed by atoms with Gasteiger partial charge in [-0.1, -0.05) is 42.5 Å². The summed E-state index contributed by atoms with van der Waals surface area (Å²) in [6.07, 6.45) is 1.25. The zero-order chi connectivity index (χ0) is 22.9. The van der Waals surface area contributed by atoms with Gasteiger partial charge in [-0.3, -0.25) is 4.79 Å². The number of carbonyl (C=O) groups is 1. The molecule has 3 aromatic rings. The molecule has 168 valence electrons. The van der Waals surface area contributed by atoms with Crippen molar-refractivity contribution in [3.63, 3.8) is 0 Å². The number of ketones is 1. The van der Waals surface area contributed by atoms with Crippen molar-refractivity contribution < 1.29 is 14.3 Å². The highest BCUT2D eigenvalue weighted by atomic mass is 79.9. The van der Waals surface area contributed by atoms with Crippen LogP contribution >= 0.6 is 15.9 Å². The zero-order valence-electron chi connectivity index (χ0n) is 18.5. The monoisotopic (exact) mass is 504 g/mol. The zero-order valence-corrected chi connectivity index (χ0v) is 20.1. The molecule has 3 aromatic carbocycles. The molecular formula is C27H25BrN2O3. The molecule has 1 aliphatic heterocycles. The van der Waals surface area contributed by atoms with Crippen LogP contribution in [-0.2, 0) is 4.79 Å². The van der Waals surface area contributed by atoms with Gasteiger partial charge in [-0.15, -0.1) is 0 Å². The minimum Gasteiger partial charge on any atom is -0.493 e. The summed E-state index contributed by atoms with van der Waals surface area (Å²) in [5.74, 6) is 1.53. The number of benzene rings is 3. The molecule has 0 aromatic heterocycles. The molecule has 0 amide bonds. The van der Waals surface area contributed by atoms with E-state index in [-0.39, 0.29) is 17.7 Å². The van der Waals surface area contributed by atoms with E-state index in [4.69, 9.17) is 9.47 Å². The highest BCUT2D eigenvalue weighted by Crippen LogP contribution is 2.46. The normalized spacial score (nSPS) is 19.5. The summed E-state index contributed by atoms with van der Waals surface area (Å²) < 4.78 is 11.9. The van der Waals surface area contributed by atoms with Crippen molar-refractivity contribution in [3.8, 4) is 11.5 Å². The van der Waals surface area contributed by atoms with Crippen LogP contribution in [0.5, 0.6) is 11.5 Å². The third-order valence-corrected chi connectivity index (χ3v) is 6.96. The van der Waals surface area contributed by atoms with Crippen molar-refractivity contribution in [2.45, 2.75) is 24.8 Å². The third kappa shape index (κ3) is 4.00. The Bertz CT molecular complexity index is 1240. The summed E-state index contributed by atoms with van der Waals surface area (Å²) in [5, 5.41) is 7.20. The Morgan fingerprint density at radius 1 is 0.879 bits per heavy atom. The Morgan fingerprint density at radius 3 is 2.33 bits per heavy atom. The Balaban J connectivity index is 1.64. The molecular weight excluding hydrogens is 480 g/mol. The van der Waals surface area contributed by atoms with Crippen LogP contribution in [-0.4, -0.2) is 20.0 Å². The predicted molar refractivity (Wildman–Crippen MR) is 134 cm³/mol. The van der Waals surface area contributed by atoms with E-state index in [9.17, 15) is 4.79 Å². The van der Waals surface area contributed by atoms with Crippen LogP contribution in [0.3, 0.4) is 0 Å². The second-order valence-corrected chi connectivity index (χ2v) is 9.17. The summed E-state index contributed by atoms with van der Waals surface area (Å²) in [4.78, 5) is 13.7. The van der Waals surface area contributed by atoms with Crippen molar-refractivity contribution >= 4 is 33.1 Å². The van der Waals surface area contributed by atoms with Crippen LogP contribution in [0.15, 0.2) is 82.5 Å². The average molecular weight is 505 g/mol. The molecule has 2 N–H and O–H groups in total. The Morgan fingerprint density at radius 2 is 1.61 bits per heavy atom. The van der Waals surface area contributed by atoms with Crippen LogP contribution in [0, 0.1) is 0 Å². The van der Waals surface area contributed by atoms with E-state index in [2.05, 4.69) is 38.7 Å². The van der Waals surface area contributed by atoms with E-state index in [0.29, 0.717) is 17.9 Å². The fraction of sp³-hybridized carbons (Fsp3) is 0.222. The van der Waals surface area contributed by atoms with Crippen molar-refractivity contribution in [1.82, 2.24) is 0 Å². The second-order valence-electron chi connectivity index (χ2n) is 8.32. The van der Waals surface area contributed by atoms with E-state index >= 15 is 0 Å². The Kier molecular flexibility index (Phi) is 5.85. The number of para-hydroxylation sites is 2. The number of rotatable bonds is 4. The minimum absolute atomic E-state index is 0.146. The van der Waals surface area contributed by atoms with E-state index in [1.807, 2.05) is 54.6 Å². The molecule has 0 fully saturated rings. The summed E-state index contributed by atoms with van der Waals surface area (Å²) in [6, 6.07) is 22.0. The number of allylic oxidation sites excluding steroid dienone is 1. The van der Waals surface area contributed by atoms with E-state index in [1.165, 1.54) is 5.56 Å². The van der Waals surface area contributed by atoms with E-state index in [0.717, 1.165) is 39.1 Å². The fourth-order valence-corrected chi connectivity index (χ4v) is 5.43. The Hall–Kier alpha value is -3.25. The first kappa shape index (κ1) is 21.6. The summed E-state index contributed by atoms with van der Waals surface area (Å²) in [6.45, 7) is 0. The topological polar surface area (TPSA) is 59.6 Å². The molecule has 2 atom stereocenters. The number of ether oxygens (including phenoxy) is 2. The molecule has 1 heterocycles. The fourth-order valence-electron chi connectivity index (χ4n) is 4.81. The van der Waals surface area contributed by atoms with Gasteiger partial charge in [0.05, 0.1) is 36.1 Å². The van der Waals surface area contributed by atoms with Crippen LogP contribution in [0.4, 0.5) is 11.4 Å². The number of nitrogens with one attached hydrogen (secondary N) is 2. The number of hydrogen-bond donors (Lipinski definition) is 2. The number of anilines is 2. The summed E-state index contributed by atoms with van der Waals surface area (Å²) >= 11 is 3.61. The van der Waals surface area contributed by atoms with Crippen molar-refractivity contribution in [3.05, 3.63) is 93.6 Å². The number of methoxy groups -OCH3 is 2. The third-order valence-electron chi connectivity index (χ3n) is 6.37. The van der Waals surface area contributed by atoms with Crippen molar-refractivity contribution in [1.29, 1.82) is 0 Å². The molecule has 0 saturated carbocycles. The Labute approximate surface area is 201 Å². The maximum atomic E-state index is 13.7. The first-order valence-corrected chi connectivity index (χ1v) is 11.7. The van der Waals surface area contributed by atoms with Gasteiger partial charge in [-0.25, -0.2) is 0 Å². The molecule has 5 rings (SSSR count). The van der Waals surface area contributed by atoms with Gasteiger partial charge in [0.25, 0.3) is 0 Å². The lowest BCUT2D eigenvalue weighted by Crippen LogP contribution is -2.27. The molecule has 0 unspecified atom stereocenters.